The SMILES string of the molecule is CC(CC(=O)O)CC(=O)O.CCC(C)CC. The predicted octanol–water partition coefficient (Wildman–Crippen LogP) is 3.01. The van der Waals surface area contributed by atoms with E-state index in [-0.39, 0.29) is 18.8 Å². The van der Waals surface area contributed by atoms with Crippen molar-refractivity contribution in [1.29, 1.82) is 0 Å². The minimum Gasteiger partial charge on any atom is -0.481 e. The number of carbonyl (C=O) groups is 2. The van der Waals surface area contributed by atoms with E-state index in [1.807, 2.05) is 0 Å². The fourth-order valence-corrected chi connectivity index (χ4v) is 0.957. The van der Waals surface area contributed by atoms with Crippen LogP contribution in [0.1, 0.15) is 53.4 Å². The van der Waals surface area contributed by atoms with Crippen LogP contribution in [-0.2, 0) is 9.59 Å². The normalized spacial score (nSPS) is 9.88. The summed E-state index contributed by atoms with van der Waals surface area (Å²) in [7, 11) is 0. The molecule has 96 valence electrons. The molecule has 0 rings (SSSR count). The van der Waals surface area contributed by atoms with Gasteiger partial charge in [0, 0.05) is 12.8 Å². The van der Waals surface area contributed by atoms with Crippen molar-refractivity contribution in [3.05, 3.63) is 0 Å². The molecule has 0 aromatic carbocycles. The van der Waals surface area contributed by atoms with E-state index in [4.69, 9.17) is 10.2 Å². The topological polar surface area (TPSA) is 74.6 Å². The first-order valence-corrected chi connectivity index (χ1v) is 5.76. The Morgan fingerprint density at radius 1 is 0.875 bits per heavy atom. The van der Waals surface area contributed by atoms with Crippen molar-refractivity contribution in [2.24, 2.45) is 11.8 Å². The summed E-state index contributed by atoms with van der Waals surface area (Å²) < 4.78 is 0. The molecular weight excluding hydrogens is 208 g/mol. The number of hydrogen-bond donors (Lipinski definition) is 2. The smallest absolute Gasteiger partial charge is 0.303 e. The molecule has 0 saturated carbocycles. The summed E-state index contributed by atoms with van der Waals surface area (Å²) in [4.78, 5) is 20.0. The third-order valence-electron chi connectivity index (χ3n) is 2.44. The highest BCUT2D eigenvalue weighted by molar-refractivity contribution is 5.70. The minimum absolute atomic E-state index is 0.0771. The highest BCUT2D eigenvalue weighted by Gasteiger charge is 2.10. The lowest BCUT2D eigenvalue weighted by Gasteiger charge is -2.02. The van der Waals surface area contributed by atoms with Crippen molar-refractivity contribution in [2.45, 2.75) is 53.4 Å². The zero-order chi connectivity index (χ0) is 13.1. The lowest BCUT2D eigenvalue weighted by atomic mass is 10.1. The van der Waals surface area contributed by atoms with Crippen LogP contribution in [0, 0.1) is 11.8 Å². The van der Waals surface area contributed by atoms with Gasteiger partial charge in [0.2, 0.25) is 0 Å². The van der Waals surface area contributed by atoms with E-state index in [0.717, 1.165) is 5.92 Å². The van der Waals surface area contributed by atoms with Gasteiger partial charge in [0.15, 0.2) is 0 Å². The quantitative estimate of drug-likeness (QED) is 0.738. The molecule has 0 atom stereocenters. The third kappa shape index (κ3) is 15.4. The molecule has 0 radical (unpaired) electrons. The second kappa shape index (κ2) is 10.5. The molecule has 0 saturated heterocycles. The molecule has 4 nitrogen and oxygen atoms in total. The van der Waals surface area contributed by atoms with E-state index in [1.54, 1.807) is 6.92 Å². The van der Waals surface area contributed by atoms with Crippen LogP contribution < -0.4 is 0 Å². The maximum absolute atomic E-state index is 10.00. The zero-order valence-corrected chi connectivity index (χ0v) is 10.7. The first-order chi connectivity index (χ1) is 7.33. The van der Waals surface area contributed by atoms with E-state index >= 15 is 0 Å². The Hall–Kier alpha value is -1.06. The van der Waals surface area contributed by atoms with Gasteiger partial charge in [-0.25, -0.2) is 0 Å². The Balaban J connectivity index is 0. The number of carboxylic acid groups (broad SMARTS) is 2. The van der Waals surface area contributed by atoms with Crippen molar-refractivity contribution in [3.8, 4) is 0 Å². The van der Waals surface area contributed by atoms with Crippen LogP contribution in [0.15, 0.2) is 0 Å². The first-order valence-electron chi connectivity index (χ1n) is 5.76. The fraction of sp³-hybridized carbons (Fsp3) is 0.833. The molecule has 0 aliphatic rings. The molecule has 0 aromatic rings. The average molecular weight is 232 g/mol. The Morgan fingerprint density at radius 2 is 1.19 bits per heavy atom. The minimum atomic E-state index is -0.950. The van der Waals surface area contributed by atoms with Gasteiger partial charge in [0.05, 0.1) is 0 Å². The maximum Gasteiger partial charge on any atom is 0.303 e. The van der Waals surface area contributed by atoms with Gasteiger partial charge in [0.1, 0.15) is 0 Å². The van der Waals surface area contributed by atoms with Crippen molar-refractivity contribution < 1.29 is 19.8 Å². The monoisotopic (exact) mass is 232 g/mol. The molecule has 2 N–H and O–H groups in total. The molecule has 0 bridgehead atoms. The number of rotatable bonds is 6. The van der Waals surface area contributed by atoms with Gasteiger partial charge in [-0.05, 0) is 11.8 Å². The van der Waals surface area contributed by atoms with Gasteiger partial charge >= 0.3 is 11.9 Å². The van der Waals surface area contributed by atoms with Crippen LogP contribution in [0.2, 0.25) is 0 Å². The van der Waals surface area contributed by atoms with E-state index < -0.39 is 11.9 Å². The largest absolute Gasteiger partial charge is 0.481 e. The second-order valence-corrected chi connectivity index (χ2v) is 4.22. The molecule has 0 amide bonds. The predicted molar refractivity (Wildman–Crippen MR) is 63.4 cm³/mol. The van der Waals surface area contributed by atoms with Crippen molar-refractivity contribution in [2.75, 3.05) is 0 Å². The van der Waals surface area contributed by atoms with Crippen molar-refractivity contribution >= 4 is 11.9 Å². The maximum atomic E-state index is 10.00. The molecule has 0 unspecified atom stereocenters. The van der Waals surface area contributed by atoms with Crippen LogP contribution in [0.3, 0.4) is 0 Å². The zero-order valence-electron chi connectivity index (χ0n) is 10.7. The number of hydrogen-bond acceptors (Lipinski definition) is 2. The molecule has 16 heavy (non-hydrogen) atoms. The van der Waals surface area contributed by atoms with Gasteiger partial charge < -0.3 is 10.2 Å². The molecular formula is C12H24O4. The summed E-state index contributed by atoms with van der Waals surface area (Å²) in [5.41, 5.74) is 0. The lowest BCUT2D eigenvalue weighted by Crippen LogP contribution is -2.08. The Kier molecular flexibility index (Phi) is 11.3. The second-order valence-electron chi connectivity index (χ2n) is 4.22. The highest BCUT2D eigenvalue weighted by atomic mass is 16.4. The number of carboxylic acids is 2. The van der Waals surface area contributed by atoms with Gasteiger partial charge in [-0.2, -0.15) is 0 Å². The summed E-state index contributed by atoms with van der Waals surface area (Å²) in [5, 5.41) is 16.4. The summed E-state index contributed by atoms with van der Waals surface area (Å²) in [6.45, 7) is 8.34. The van der Waals surface area contributed by atoms with Crippen molar-refractivity contribution in [1.82, 2.24) is 0 Å². The first kappa shape index (κ1) is 17.3. The van der Waals surface area contributed by atoms with Crippen LogP contribution in [0.5, 0.6) is 0 Å². The van der Waals surface area contributed by atoms with Crippen LogP contribution in [-0.4, -0.2) is 22.2 Å². The Bertz CT molecular complexity index is 181. The Labute approximate surface area is 97.7 Å². The summed E-state index contributed by atoms with van der Waals surface area (Å²) in [6, 6.07) is 0. The number of aliphatic carboxylic acids is 2. The fourth-order valence-electron chi connectivity index (χ4n) is 0.957. The standard InChI is InChI=1S/C6H10O4.C6H14/c1-4(2-5(7)8)3-6(9)10;1-4-6(3)5-2/h4H,2-3H2,1H3,(H,7,8)(H,9,10);6H,4-5H2,1-3H3. The summed E-state index contributed by atoms with van der Waals surface area (Å²) in [5.74, 6) is -1.25. The van der Waals surface area contributed by atoms with E-state index in [0.29, 0.717) is 0 Å². The van der Waals surface area contributed by atoms with Gasteiger partial charge in [-0.15, -0.1) is 0 Å². The van der Waals surface area contributed by atoms with Gasteiger partial charge in [-0.1, -0.05) is 40.5 Å². The molecule has 0 heterocycles. The average Bonchev–Trinajstić information content (AvgIpc) is 2.14. The lowest BCUT2D eigenvalue weighted by molar-refractivity contribution is -0.140. The van der Waals surface area contributed by atoms with Crippen LogP contribution >= 0.6 is 0 Å². The summed E-state index contributed by atoms with van der Waals surface area (Å²) >= 11 is 0. The van der Waals surface area contributed by atoms with E-state index in [9.17, 15) is 9.59 Å². The molecule has 0 aromatic heterocycles. The molecule has 0 aliphatic heterocycles. The van der Waals surface area contributed by atoms with Crippen LogP contribution in [0.4, 0.5) is 0 Å². The highest BCUT2D eigenvalue weighted by Crippen LogP contribution is 2.06. The molecule has 0 aliphatic carbocycles. The van der Waals surface area contributed by atoms with Crippen molar-refractivity contribution in [3.63, 3.8) is 0 Å². The van der Waals surface area contributed by atoms with E-state index in [1.165, 1.54) is 12.8 Å². The summed E-state index contributed by atoms with van der Waals surface area (Å²) in [6.07, 6.45) is 2.51. The third-order valence-corrected chi connectivity index (χ3v) is 2.44. The van der Waals surface area contributed by atoms with E-state index in [2.05, 4.69) is 20.8 Å². The Morgan fingerprint density at radius 3 is 1.31 bits per heavy atom. The van der Waals surface area contributed by atoms with Gasteiger partial charge in [0.25, 0.3) is 0 Å². The molecule has 0 fully saturated rings. The van der Waals surface area contributed by atoms with Gasteiger partial charge in [-0.3, -0.25) is 9.59 Å². The molecule has 4 heteroatoms. The van der Waals surface area contributed by atoms with Crippen LogP contribution in [0.25, 0.3) is 0 Å². The molecule has 0 spiro atoms.